The molecular formula is C30H41N5O7. The summed E-state index contributed by atoms with van der Waals surface area (Å²) in [6.07, 6.45) is -1.08. The van der Waals surface area contributed by atoms with Crippen LogP contribution in [0.15, 0.2) is 36.4 Å². The third kappa shape index (κ3) is 9.23. The molecule has 0 aliphatic carbocycles. The van der Waals surface area contributed by atoms with Crippen molar-refractivity contribution in [2.24, 2.45) is 0 Å². The van der Waals surface area contributed by atoms with E-state index in [2.05, 4.69) is 15.3 Å². The van der Waals surface area contributed by atoms with E-state index in [4.69, 9.17) is 9.47 Å². The standard InChI is InChI=1S/C30H41N5O7/c1-6-24(36)22-19-23(32-26(31-22)20-11-9-8-10-12-20)27(38)33-21(13-14-25(37)42-30(3,4)5)28(39)34-15-17-35(18-16-34)29(40)41-7-2/h8-12,19,21,24,36H,6-7,13-18H2,1-5H3,(H,33,38). The highest BCUT2D eigenvalue weighted by molar-refractivity contribution is 5.96. The van der Waals surface area contributed by atoms with Crippen LogP contribution >= 0.6 is 0 Å². The summed E-state index contributed by atoms with van der Waals surface area (Å²) in [5.74, 6) is -1.27. The molecule has 1 saturated heterocycles. The largest absolute Gasteiger partial charge is 0.460 e. The van der Waals surface area contributed by atoms with Gasteiger partial charge in [0, 0.05) is 38.2 Å². The number of piperazine rings is 1. The Bertz CT molecular complexity index is 1240. The lowest BCUT2D eigenvalue weighted by Crippen LogP contribution is -2.56. The number of carbonyl (C=O) groups excluding carboxylic acids is 4. The van der Waals surface area contributed by atoms with Crippen LogP contribution < -0.4 is 5.32 Å². The van der Waals surface area contributed by atoms with Crippen LogP contribution in [-0.2, 0) is 19.1 Å². The number of benzene rings is 1. The van der Waals surface area contributed by atoms with Crippen molar-refractivity contribution in [2.45, 2.75) is 71.6 Å². The van der Waals surface area contributed by atoms with E-state index in [9.17, 15) is 24.3 Å². The third-order valence-corrected chi connectivity index (χ3v) is 6.52. The number of hydrogen-bond donors (Lipinski definition) is 2. The number of esters is 1. The molecule has 12 heteroatoms. The van der Waals surface area contributed by atoms with Gasteiger partial charge in [-0.05, 0) is 46.6 Å². The van der Waals surface area contributed by atoms with Crippen LogP contribution in [0.5, 0.6) is 0 Å². The topological polar surface area (TPSA) is 151 Å². The normalized spacial score (nSPS) is 15.0. The summed E-state index contributed by atoms with van der Waals surface area (Å²) in [5, 5.41) is 13.3. The number of nitrogens with one attached hydrogen (secondary N) is 1. The SMILES string of the molecule is CCOC(=O)N1CCN(C(=O)C(CCC(=O)OC(C)(C)C)NC(=O)c2cc(C(O)CC)nc(-c3ccccc3)n2)CC1. The molecule has 1 aliphatic heterocycles. The Morgan fingerprint density at radius 1 is 1.00 bits per heavy atom. The number of aromatic nitrogens is 2. The lowest BCUT2D eigenvalue weighted by Gasteiger charge is -2.36. The average molecular weight is 584 g/mol. The van der Waals surface area contributed by atoms with Crippen LogP contribution in [0.25, 0.3) is 11.4 Å². The summed E-state index contributed by atoms with van der Waals surface area (Å²) in [4.78, 5) is 63.7. The zero-order valence-electron chi connectivity index (χ0n) is 25.0. The summed E-state index contributed by atoms with van der Waals surface area (Å²) in [6.45, 7) is 10.1. The molecule has 3 amide bonds. The van der Waals surface area contributed by atoms with Crippen molar-refractivity contribution < 1.29 is 33.8 Å². The Kier molecular flexibility index (Phi) is 11.4. The molecule has 1 aromatic carbocycles. The van der Waals surface area contributed by atoms with Gasteiger partial charge in [-0.15, -0.1) is 0 Å². The van der Waals surface area contributed by atoms with Crippen LogP contribution in [-0.4, -0.2) is 93.2 Å². The van der Waals surface area contributed by atoms with Crippen molar-refractivity contribution in [3.63, 3.8) is 0 Å². The number of aliphatic hydroxyl groups excluding tert-OH is 1. The average Bonchev–Trinajstić information content (AvgIpc) is 2.97. The Morgan fingerprint density at radius 3 is 2.24 bits per heavy atom. The second kappa shape index (κ2) is 14.7. The highest BCUT2D eigenvalue weighted by Gasteiger charge is 2.32. The van der Waals surface area contributed by atoms with Crippen LogP contribution in [0.1, 0.15) is 76.2 Å². The predicted octanol–water partition coefficient (Wildman–Crippen LogP) is 3.11. The Hall–Kier alpha value is -4.06. The second-order valence-electron chi connectivity index (χ2n) is 11.0. The summed E-state index contributed by atoms with van der Waals surface area (Å²) in [6, 6.07) is 9.40. The van der Waals surface area contributed by atoms with E-state index in [1.165, 1.54) is 11.0 Å². The maximum absolute atomic E-state index is 13.6. The molecule has 0 spiro atoms. The first-order chi connectivity index (χ1) is 19.9. The van der Waals surface area contributed by atoms with Gasteiger partial charge < -0.3 is 29.7 Å². The fourth-order valence-corrected chi connectivity index (χ4v) is 4.37. The molecule has 1 aromatic heterocycles. The Morgan fingerprint density at radius 2 is 1.64 bits per heavy atom. The molecule has 2 atom stereocenters. The smallest absolute Gasteiger partial charge is 0.409 e. The first-order valence-corrected chi connectivity index (χ1v) is 14.3. The van der Waals surface area contributed by atoms with Gasteiger partial charge in [0.2, 0.25) is 5.91 Å². The van der Waals surface area contributed by atoms with E-state index in [0.29, 0.717) is 12.0 Å². The first-order valence-electron chi connectivity index (χ1n) is 14.3. The van der Waals surface area contributed by atoms with Gasteiger partial charge >= 0.3 is 12.1 Å². The zero-order valence-corrected chi connectivity index (χ0v) is 25.0. The first kappa shape index (κ1) is 32.5. The van der Waals surface area contributed by atoms with Gasteiger partial charge in [0.1, 0.15) is 17.3 Å². The van der Waals surface area contributed by atoms with Crippen molar-refractivity contribution in [3.8, 4) is 11.4 Å². The molecule has 228 valence electrons. The number of nitrogens with zero attached hydrogens (tertiary/aromatic N) is 4. The van der Waals surface area contributed by atoms with Gasteiger partial charge in [-0.2, -0.15) is 0 Å². The van der Waals surface area contributed by atoms with Crippen LogP contribution in [0.3, 0.4) is 0 Å². The van der Waals surface area contributed by atoms with Crippen molar-refractivity contribution in [1.29, 1.82) is 0 Å². The van der Waals surface area contributed by atoms with E-state index in [1.807, 2.05) is 18.2 Å². The Labute approximate surface area is 246 Å². The van der Waals surface area contributed by atoms with E-state index < -0.39 is 35.7 Å². The number of hydrogen-bond acceptors (Lipinski definition) is 9. The zero-order chi connectivity index (χ0) is 30.9. The molecule has 0 bridgehead atoms. The third-order valence-electron chi connectivity index (χ3n) is 6.52. The summed E-state index contributed by atoms with van der Waals surface area (Å²) < 4.78 is 10.5. The van der Waals surface area contributed by atoms with Crippen molar-refractivity contribution >= 4 is 23.9 Å². The van der Waals surface area contributed by atoms with Gasteiger partial charge in [0.15, 0.2) is 5.82 Å². The molecule has 2 heterocycles. The highest BCUT2D eigenvalue weighted by atomic mass is 16.6. The maximum Gasteiger partial charge on any atom is 0.409 e. The molecule has 1 aliphatic rings. The lowest BCUT2D eigenvalue weighted by atomic mass is 10.1. The molecule has 2 N–H and O–H groups in total. The van der Waals surface area contributed by atoms with Crippen molar-refractivity contribution in [3.05, 3.63) is 47.8 Å². The summed E-state index contributed by atoms with van der Waals surface area (Å²) in [5.41, 5.74) is 0.222. The Balaban J connectivity index is 1.84. The number of rotatable bonds is 10. The molecule has 0 saturated carbocycles. The predicted molar refractivity (Wildman–Crippen MR) is 154 cm³/mol. The second-order valence-corrected chi connectivity index (χ2v) is 11.0. The van der Waals surface area contributed by atoms with Gasteiger partial charge in [0.05, 0.1) is 18.4 Å². The lowest BCUT2D eigenvalue weighted by molar-refractivity contribution is -0.155. The summed E-state index contributed by atoms with van der Waals surface area (Å²) >= 11 is 0. The minimum Gasteiger partial charge on any atom is -0.460 e. The van der Waals surface area contributed by atoms with Gasteiger partial charge in [-0.25, -0.2) is 14.8 Å². The summed E-state index contributed by atoms with van der Waals surface area (Å²) in [7, 11) is 0. The minimum atomic E-state index is -1.06. The van der Waals surface area contributed by atoms with Gasteiger partial charge in [-0.3, -0.25) is 14.4 Å². The number of ether oxygens (including phenoxy) is 2. The molecule has 1 fully saturated rings. The van der Waals surface area contributed by atoms with Crippen molar-refractivity contribution in [1.82, 2.24) is 25.1 Å². The molecule has 42 heavy (non-hydrogen) atoms. The van der Waals surface area contributed by atoms with E-state index in [0.717, 1.165) is 0 Å². The van der Waals surface area contributed by atoms with Crippen LogP contribution in [0.2, 0.25) is 0 Å². The van der Waals surface area contributed by atoms with E-state index in [1.54, 1.807) is 51.7 Å². The number of amides is 3. The molecule has 0 radical (unpaired) electrons. The van der Waals surface area contributed by atoms with Gasteiger partial charge in [-0.1, -0.05) is 37.3 Å². The number of aliphatic hydroxyl groups is 1. The van der Waals surface area contributed by atoms with Crippen LogP contribution in [0.4, 0.5) is 4.79 Å². The molecule has 12 nitrogen and oxygen atoms in total. The molecule has 2 aromatic rings. The molecule has 2 unspecified atom stereocenters. The van der Waals surface area contributed by atoms with Gasteiger partial charge in [0.25, 0.3) is 5.91 Å². The quantitative estimate of drug-likeness (QED) is 0.402. The highest BCUT2D eigenvalue weighted by Crippen LogP contribution is 2.21. The van der Waals surface area contributed by atoms with E-state index >= 15 is 0 Å². The fraction of sp³-hybridized carbons (Fsp3) is 0.533. The van der Waals surface area contributed by atoms with Crippen LogP contribution in [0, 0.1) is 0 Å². The van der Waals surface area contributed by atoms with E-state index in [-0.39, 0.29) is 68.7 Å². The fourth-order valence-electron chi connectivity index (χ4n) is 4.37. The molecular weight excluding hydrogens is 542 g/mol. The minimum absolute atomic E-state index is 0.00134. The maximum atomic E-state index is 13.6. The monoisotopic (exact) mass is 583 g/mol. The number of carbonyl (C=O) groups is 4. The van der Waals surface area contributed by atoms with Crippen molar-refractivity contribution in [2.75, 3.05) is 32.8 Å². The molecule has 3 rings (SSSR count).